The largest absolute Gasteiger partial charge is 0.489 e. The first-order valence-electron chi connectivity index (χ1n) is 6.47. The summed E-state index contributed by atoms with van der Waals surface area (Å²) in [7, 11) is -0.0924. The normalized spacial score (nSPS) is 10.9. The average molecular weight is 300 g/mol. The van der Waals surface area contributed by atoms with Crippen LogP contribution in [-0.4, -0.2) is 25.1 Å². The van der Waals surface area contributed by atoms with Gasteiger partial charge in [-0.1, -0.05) is 25.6 Å². The van der Waals surface area contributed by atoms with E-state index in [0.717, 1.165) is 10.9 Å². The molecule has 0 aliphatic carbocycles. The molecule has 2 rings (SSSR count). The van der Waals surface area contributed by atoms with Gasteiger partial charge in [-0.15, -0.1) is 5.54 Å². The minimum atomic E-state index is -1.50. The first-order chi connectivity index (χ1) is 9.83. The standard InChI is InChI=1S/C15H16N2O3Si/c1-20-15-13(17(18)19)6-5-12-11(7-9-16-14(12)15)8-10-21(2,3)4/h5-7,9H,1-4H3. The summed E-state index contributed by atoms with van der Waals surface area (Å²) in [5, 5.41) is 11.8. The minimum Gasteiger partial charge on any atom is -0.489 e. The SMILES string of the molecule is COc1c([N+](=O)[O-])ccc2c(C#C[Si](C)(C)C)ccnc12. The Morgan fingerprint density at radius 1 is 1.29 bits per heavy atom. The first-order valence-corrected chi connectivity index (χ1v) is 9.97. The predicted octanol–water partition coefficient (Wildman–Crippen LogP) is 3.38. The molecule has 1 aromatic carbocycles. The van der Waals surface area contributed by atoms with Crippen LogP contribution in [0.15, 0.2) is 24.4 Å². The van der Waals surface area contributed by atoms with Crippen LogP contribution in [0, 0.1) is 21.6 Å². The van der Waals surface area contributed by atoms with Gasteiger partial charge in [0.05, 0.1) is 12.0 Å². The molecule has 0 bridgehead atoms. The van der Waals surface area contributed by atoms with Gasteiger partial charge in [0, 0.05) is 23.2 Å². The lowest BCUT2D eigenvalue weighted by Crippen LogP contribution is -2.16. The fourth-order valence-corrected chi connectivity index (χ4v) is 2.40. The van der Waals surface area contributed by atoms with Crippen molar-refractivity contribution in [1.29, 1.82) is 0 Å². The molecular weight excluding hydrogens is 284 g/mol. The van der Waals surface area contributed by atoms with Crippen molar-refractivity contribution in [3.05, 3.63) is 40.1 Å². The monoisotopic (exact) mass is 300 g/mol. The molecule has 5 nitrogen and oxygen atoms in total. The number of nitro groups is 1. The minimum absolute atomic E-state index is 0.0900. The number of nitrogens with zero attached hydrogens (tertiary/aromatic N) is 2. The molecule has 2 aromatic rings. The highest BCUT2D eigenvalue weighted by molar-refractivity contribution is 6.83. The number of rotatable bonds is 2. The maximum Gasteiger partial charge on any atom is 0.313 e. The van der Waals surface area contributed by atoms with Crippen molar-refractivity contribution >= 4 is 24.7 Å². The van der Waals surface area contributed by atoms with E-state index in [0.29, 0.717) is 5.52 Å². The highest BCUT2D eigenvalue weighted by Crippen LogP contribution is 2.34. The van der Waals surface area contributed by atoms with Crippen LogP contribution in [0.5, 0.6) is 5.75 Å². The summed E-state index contributed by atoms with van der Waals surface area (Å²) in [5.74, 6) is 3.35. The number of hydrogen-bond acceptors (Lipinski definition) is 4. The van der Waals surface area contributed by atoms with Gasteiger partial charge in [-0.05, 0) is 12.1 Å². The van der Waals surface area contributed by atoms with Gasteiger partial charge in [-0.3, -0.25) is 15.1 Å². The molecule has 21 heavy (non-hydrogen) atoms. The summed E-state index contributed by atoms with van der Waals surface area (Å²) in [5.41, 5.74) is 4.48. The molecule has 0 saturated carbocycles. The Labute approximate surface area is 124 Å². The van der Waals surface area contributed by atoms with Gasteiger partial charge in [-0.25, -0.2) is 0 Å². The number of hydrogen-bond donors (Lipinski definition) is 0. The van der Waals surface area contributed by atoms with Crippen LogP contribution in [0.25, 0.3) is 10.9 Å². The van der Waals surface area contributed by atoms with E-state index in [4.69, 9.17) is 4.74 Å². The molecule has 0 saturated heterocycles. The van der Waals surface area contributed by atoms with Gasteiger partial charge in [0.2, 0.25) is 5.75 Å². The Hall–Kier alpha value is -2.39. The molecule has 0 N–H and O–H groups in total. The molecule has 1 aromatic heterocycles. The number of benzene rings is 1. The zero-order chi connectivity index (χ0) is 15.6. The molecule has 0 aliphatic heterocycles. The second-order valence-electron chi connectivity index (χ2n) is 5.63. The predicted molar refractivity (Wildman–Crippen MR) is 85.2 cm³/mol. The highest BCUT2D eigenvalue weighted by Gasteiger charge is 2.19. The van der Waals surface area contributed by atoms with E-state index in [2.05, 4.69) is 36.1 Å². The van der Waals surface area contributed by atoms with E-state index in [1.165, 1.54) is 13.2 Å². The maximum absolute atomic E-state index is 11.0. The zero-order valence-electron chi connectivity index (χ0n) is 12.4. The number of aromatic nitrogens is 1. The number of methoxy groups -OCH3 is 1. The van der Waals surface area contributed by atoms with Crippen molar-refractivity contribution in [2.24, 2.45) is 0 Å². The number of fused-ring (bicyclic) bond motifs is 1. The van der Waals surface area contributed by atoms with E-state index in [1.807, 2.05) is 6.07 Å². The Morgan fingerprint density at radius 2 is 2.00 bits per heavy atom. The first kappa shape index (κ1) is 15.0. The smallest absolute Gasteiger partial charge is 0.313 e. The molecule has 0 spiro atoms. The summed E-state index contributed by atoms with van der Waals surface area (Å²) < 4.78 is 5.18. The van der Waals surface area contributed by atoms with Crippen molar-refractivity contribution in [1.82, 2.24) is 4.98 Å². The lowest BCUT2D eigenvalue weighted by molar-refractivity contribution is -0.385. The second kappa shape index (κ2) is 5.54. The molecule has 0 fully saturated rings. The molecule has 0 unspecified atom stereocenters. The third-order valence-electron chi connectivity index (χ3n) is 2.82. The van der Waals surface area contributed by atoms with E-state index in [1.54, 1.807) is 12.3 Å². The van der Waals surface area contributed by atoms with E-state index in [9.17, 15) is 10.1 Å². The number of pyridine rings is 1. The Bertz CT molecular complexity index is 770. The van der Waals surface area contributed by atoms with Gasteiger partial charge < -0.3 is 4.74 Å². The zero-order valence-corrected chi connectivity index (χ0v) is 13.4. The van der Waals surface area contributed by atoms with Crippen molar-refractivity contribution in [3.8, 4) is 17.2 Å². The number of ether oxygens (including phenoxy) is 1. The van der Waals surface area contributed by atoms with Gasteiger partial charge in [-0.2, -0.15) is 0 Å². The van der Waals surface area contributed by atoms with Crippen LogP contribution in [0.1, 0.15) is 5.56 Å². The van der Waals surface area contributed by atoms with Crippen molar-refractivity contribution in [3.63, 3.8) is 0 Å². The lowest BCUT2D eigenvalue weighted by Gasteiger charge is -2.07. The fraction of sp³-hybridized carbons (Fsp3) is 0.267. The van der Waals surface area contributed by atoms with Gasteiger partial charge in [0.15, 0.2) is 0 Å². The molecular formula is C15H16N2O3Si. The highest BCUT2D eigenvalue weighted by atomic mass is 28.3. The average Bonchev–Trinajstić information content (AvgIpc) is 2.42. The molecule has 0 atom stereocenters. The van der Waals surface area contributed by atoms with Gasteiger partial charge in [0.25, 0.3) is 0 Å². The molecule has 6 heteroatoms. The quantitative estimate of drug-likeness (QED) is 0.369. The van der Waals surface area contributed by atoms with E-state index < -0.39 is 13.0 Å². The van der Waals surface area contributed by atoms with Crippen LogP contribution in [0.4, 0.5) is 5.69 Å². The topological polar surface area (TPSA) is 65.3 Å². The second-order valence-corrected chi connectivity index (χ2v) is 10.4. The Kier molecular flexibility index (Phi) is 3.96. The molecule has 1 heterocycles. The van der Waals surface area contributed by atoms with E-state index >= 15 is 0 Å². The van der Waals surface area contributed by atoms with Crippen LogP contribution < -0.4 is 4.74 Å². The van der Waals surface area contributed by atoms with Crippen molar-refractivity contribution in [2.75, 3.05) is 7.11 Å². The van der Waals surface area contributed by atoms with Crippen LogP contribution >= 0.6 is 0 Å². The summed E-state index contributed by atoms with van der Waals surface area (Å²) in [4.78, 5) is 14.8. The molecule has 0 aliphatic rings. The Morgan fingerprint density at radius 3 is 2.57 bits per heavy atom. The van der Waals surface area contributed by atoms with Crippen LogP contribution in [0.3, 0.4) is 0 Å². The van der Waals surface area contributed by atoms with Gasteiger partial charge >= 0.3 is 5.69 Å². The molecule has 108 valence electrons. The third-order valence-corrected chi connectivity index (χ3v) is 3.69. The van der Waals surface area contributed by atoms with Crippen LogP contribution in [0.2, 0.25) is 19.6 Å². The Balaban J connectivity index is 2.72. The fourth-order valence-electron chi connectivity index (χ4n) is 1.89. The van der Waals surface area contributed by atoms with Crippen molar-refractivity contribution in [2.45, 2.75) is 19.6 Å². The van der Waals surface area contributed by atoms with Crippen molar-refractivity contribution < 1.29 is 9.66 Å². The summed E-state index contributed by atoms with van der Waals surface area (Å²) in [6, 6.07) is 4.93. The van der Waals surface area contributed by atoms with Crippen LogP contribution in [-0.2, 0) is 0 Å². The molecule has 0 radical (unpaired) electrons. The third kappa shape index (κ3) is 3.20. The summed E-state index contributed by atoms with van der Waals surface area (Å²) >= 11 is 0. The summed E-state index contributed by atoms with van der Waals surface area (Å²) in [6.07, 6.45) is 1.60. The molecule has 0 amide bonds. The summed E-state index contributed by atoms with van der Waals surface area (Å²) in [6.45, 7) is 6.48. The number of nitro benzene ring substituents is 1. The van der Waals surface area contributed by atoms with E-state index in [-0.39, 0.29) is 11.4 Å². The van der Waals surface area contributed by atoms with Gasteiger partial charge in [0.1, 0.15) is 13.6 Å². The maximum atomic E-state index is 11.0. The lowest BCUT2D eigenvalue weighted by atomic mass is 10.1.